The van der Waals surface area contributed by atoms with E-state index < -0.39 is 0 Å². The Kier molecular flexibility index (Phi) is 7.22. The molecule has 1 aromatic heterocycles. The van der Waals surface area contributed by atoms with Crippen molar-refractivity contribution in [3.63, 3.8) is 0 Å². The van der Waals surface area contributed by atoms with Crippen molar-refractivity contribution in [3.8, 4) is 0 Å². The molecule has 0 bridgehead atoms. The summed E-state index contributed by atoms with van der Waals surface area (Å²) in [6.07, 6.45) is 7.59. The molecule has 1 saturated carbocycles. The second-order valence-electron chi connectivity index (χ2n) is 5.84. The van der Waals surface area contributed by atoms with Gasteiger partial charge in [0.15, 0.2) is 5.96 Å². The molecule has 6 heteroatoms. The lowest BCUT2D eigenvalue weighted by Crippen LogP contribution is -2.39. The molecule has 22 heavy (non-hydrogen) atoms. The molecule has 2 rings (SSSR count). The lowest BCUT2D eigenvalue weighted by atomic mass is 10.4. The van der Waals surface area contributed by atoms with Crippen LogP contribution in [0.25, 0.3) is 0 Å². The number of aromatic nitrogens is 2. The van der Waals surface area contributed by atoms with Crippen LogP contribution in [0.5, 0.6) is 0 Å². The molecule has 1 heterocycles. The van der Waals surface area contributed by atoms with Crippen molar-refractivity contribution < 1.29 is 4.74 Å². The average Bonchev–Trinajstić information content (AvgIpc) is 3.24. The molecule has 1 aliphatic rings. The summed E-state index contributed by atoms with van der Waals surface area (Å²) in [5, 5.41) is 10.9. The van der Waals surface area contributed by atoms with Gasteiger partial charge in [0.25, 0.3) is 0 Å². The van der Waals surface area contributed by atoms with E-state index in [1.807, 2.05) is 24.0 Å². The van der Waals surface area contributed by atoms with Crippen molar-refractivity contribution in [2.45, 2.75) is 39.7 Å². The summed E-state index contributed by atoms with van der Waals surface area (Å²) in [7, 11) is 0. The number of hydrogen-bond acceptors (Lipinski definition) is 3. The van der Waals surface area contributed by atoms with Gasteiger partial charge in [0.2, 0.25) is 0 Å². The Hall–Kier alpha value is -1.56. The molecule has 0 aliphatic heterocycles. The highest BCUT2D eigenvalue weighted by Gasteiger charge is 2.20. The average molecular weight is 307 g/mol. The summed E-state index contributed by atoms with van der Waals surface area (Å²) in [6, 6.07) is 0. The normalized spacial score (nSPS) is 15.1. The first-order valence-corrected chi connectivity index (χ1v) is 8.37. The van der Waals surface area contributed by atoms with Gasteiger partial charge in [0.05, 0.1) is 12.7 Å². The Bertz CT molecular complexity index is 453. The van der Waals surface area contributed by atoms with Crippen LogP contribution >= 0.6 is 0 Å². The molecule has 6 nitrogen and oxygen atoms in total. The lowest BCUT2D eigenvalue weighted by molar-refractivity contribution is 0.123. The van der Waals surface area contributed by atoms with Gasteiger partial charge >= 0.3 is 0 Å². The second kappa shape index (κ2) is 9.46. The van der Waals surface area contributed by atoms with Crippen molar-refractivity contribution in [1.29, 1.82) is 0 Å². The number of nitrogens with zero attached hydrogens (tertiary/aromatic N) is 3. The van der Waals surface area contributed by atoms with Crippen molar-refractivity contribution in [2.24, 2.45) is 10.9 Å². The summed E-state index contributed by atoms with van der Waals surface area (Å²) in [4.78, 5) is 4.57. The minimum absolute atomic E-state index is 0.793. The maximum absolute atomic E-state index is 5.62. The molecule has 0 radical (unpaired) electrons. The van der Waals surface area contributed by atoms with Crippen LogP contribution in [0.15, 0.2) is 17.4 Å². The summed E-state index contributed by atoms with van der Waals surface area (Å²) in [5.74, 6) is 1.71. The van der Waals surface area contributed by atoms with Gasteiger partial charge in [-0.25, -0.2) is 0 Å². The molecule has 0 spiro atoms. The van der Waals surface area contributed by atoms with Crippen LogP contribution in [0.2, 0.25) is 0 Å². The van der Waals surface area contributed by atoms with E-state index in [0.717, 1.165) is 57.7 Å². The third-order valence-corrected chi connectivity index (χ3v) is 3.51. The van der Waals surface area contributed by atoms with E-state index in [0.29, 0.717) is 0 Å². The number of hydrogen-bond donors (Lipinski definition) is 2. The number of aliphatic imine (C=N–C) groups is 1. The zero-order valence-electron chi connectivity index (χ0n) is 13.8. The first-order chi connectivity index (χ1) is 10.8. The van der Waals surface area contributed by atoms with Crippen LogP contribution in [0.3, 0.4) is 0 Å². The smallest absolute Gasteiger partial charge is 0.191 e. The molecule has 1 aliphatic carbocycles. The minimum Gasteiger partial charge on any atom is -0.381 e. The summed E-state index contributed by atoms with van der Waals surface area (Å²) >= 11 is 0. The van der Waals surface area contributed by atoms with E-state index in [2.05, 4.69) is 27.6 Å². The predicted molar refractivity (Wildman–Crippen MR) is 89.1 cm³/mol. The molecule has 2 N–H and O–H groups in total. The summed E-state index contributed by atoms with van der Waals surface area (Å²) in [6.45, 7) is 9.18. The maximum Gasteiger partial charge on any atom is 0.191 e. The molecule has 124 valence electrons. The highest BCUT2D eigenvalue weighted by Crippen LogP contribution is 2.28. The third-order valence-electron chi connectivity index (χ3n) is 3.51. The van der Waals surface area contributed by atoms with Gasteiger partial charge in [0.1, 0.15) is 0 Å². The lowest BCUT2D eigenvalue weighted by Gasteiger charge is -2.11. The first-order valence-electron chi connectivity index (χ1n) is 8.37. The maximum atomic E-state index is 5.62. The topological polar surface area (TPSA) is 63.5 Å². The minimum atomic E-state index is 0.793. The number of guanidine groups is 1. The zero-order valence-corrected chi connectivity index (χ0v) is 13.8. The zero-order chi connectivity index (χ0) is 15.6. The van der Waals surface area contributed by atoms with Crippen LogP contribution in [0.4, 0.5) is 0 Å². The van der Waals surface area contributed by atoms with E-state index >= 15 is 0 Å². The largest absolute Gasteiger partial charge is 0.381 e. The van der Waals surface area contributed by atoms with E-state index in [9.17, 15) is 0 Å². The fraction of sp³-hybridized carbons (Fsp3) is 0.750. The number of ether oxygens (including phenoxy) is 1. The third kappa shape index (κ3) is 6.93. The van der Waals surface area contributed by atoms with Gasteiger partial charge in [-0.05, 0) is 44.6 Å². The molecule has 1 aromatic rings. The first kappa shape index (κ1) is 16.8. The Morgan fingerprint density at radius 3 is 3.00 bits per heavy atom. The number of rotatable bonds is 10. The Morgan fingerprint density at radius 2 is 2.32 bits per heavy atom. The molecule has 0 amide bonds. The number of nitrogens with one attached hydrogen (secondary N) is 2. The van der Waals surface area contributed by atoms with E-state index in [1.54, 1.807) is 0 Å². The SMILES string of the molecule is CCNC(=NCCCOCC1CC1)NCCn1cc(C)cn1. The van der Waals surface area contributed by atoms with Crippen molar-refractivity contribution >= 4 is 5.96 Å². The number of aryl methyl sites for hydroxylation is 1. The van der Waals surface area contributed by atoms with Crippen LogP contribution in [0.1, 0.15) is 31.7 Å². The van der Waals surface area contributed by atoms with Gasteiger partial charge in [-0.15, -0.1) is 0 Å². The van der Waals surface area contributed by atoms with E-state index in [4.69, 9.17) is 4.74 Å². The standard InChI is InChI=1S/C16H29N5O/c1-3-17-16(18-7-4-10-22-13-15-5-6-15)19-8-9-21-12-14(2)11-20-21/h11-12,15H,3-10,13H2,1-2H3,(H2,17,18,19). The predicted octanol–water partition coefficient (Wildman–Crippen LogP) is 1.56. The van der Waals surface area contributed by atoms with Gasteiger partial charge in [0, 0.05) is 39.0 Å². The Balaban J connectivity index is 1.58. The summed E-state index contributed by atoms with van der Waals surface area (Å²) in [5.41, 5.74) is 1.19. The molecule has 0 saturated heterocycles. The van der Waals surface area contributed by atoms with Gasteiger partial charge in [-0.1, -0.05) is 0 Å². The Morgan fingerprint density at radius 1 is 1.45 bits per heavy atom. The van der Waals surface area contributed by atoms with Gasteiger partial charge in [-0.3, -0.25) is 9.67 Å². The highest BCUT2D eigenvalue weighted by atomic mass is 16.5. The van der Waals surface area contributed by atoms with Crippen LogP contribution < -0.4 is 10.6 Å². The fourth-order valence-electron chi connectivity index (χ4n) is 2.11. The molecular weight excluding hydrogens is 278 g/mol. The summed E-state index contributed by atoms with van der Waals surface area (Å²) < 4.78 is 7.56. The van der Waals surface area contributed by atoms with Crippen LogP contribution in [-0.2, 0) is 11.3 Å². The molecule has 0 aromatic carbocycles. The molecule has 0 unspecified atom stereocenters. The van der Waals surface area contributed by atoms with Gasteiger partial charge in [-0.2, -0.15) is 5.10 Å². The molecule has 0 atom stereocenters. The molecular formula is C16H29N5O. The van der Waals surface area contributed by atoms with Crippen molar-refractivity contribution in [1.82, 2.24) is 20.4 Å². The molecule has 1 fully saturated rings. The monoisotopic (exact) mass is 307 g/mol. The van der Waals surface area contributed by atoms with E-state index in [-0.39, 0.29) is 0 Å². The van der Waals surface area contributed by atoms with Crippen molar-refractivity contribution in [3.05, 3.63) is 18.0 Å². The quantitative estimate of drug-likeness (QED) is 0.391. The second-order valence-corrected chi connectivity index (χ2v) is 5.84. The highest BCUT2D eigenvalue weighted by molar-refractivity contribution is 5.79. The van der Waals surface area contributed by atoms with Crippen LogP contribution in [0, 0.1) is 12.8 Å². The van der Waals surface area contributed by atoms with Crippen molar-refractivity contribution in [2.75, 3.05) is 32.8 Å². The Labute approximate surface area is 133 Å². The fourth-order valence-corrected chi connectivity index (χ4v) is 2.11. The van der Waals surface area contributed by atoms with E-state index in [1.165, 1.54) is 18.4 Å². The van der Waals surface area contributed by atoms with Crippen LogP contribution in [-0.4, -0.2) is 48.6 Å². The van der Waals surface area contributed by atoms with Gasteiger partial charge < -0.3 is 15.4 Å².